The lowest BCUT2D eigenvalue weighted by Crippen LogP contribution is -2.46. The minimum absolute atomic E-state index is 0.364. The van der Waals surface area contributed by atoms with E-state index in [1.54, 1.807) is 4.90 Å². The van der Waals surface area contributed by atoms with Gasteiger partial charge in [0.05, 0.1) is 6.54 Å². The molecule has 0 aromatic heterocycles. The van der Waals surface area contributed by atoms with E-state index in [-0.39, 0.29) is 0 Å². The zero-order valence-electron chi connectivity index (χ0n) is 12.1. The fourth-order valence-electron chi connectivity index (χ4n) is 3.09. The van der Waals surface area contributed by atoms with Crippen molar-refractivity contribution in [2.45, 2.75) is 58.2 Å². The molecule has 1 rings (SSSR count). The van der Waals surface area contributed by atoms with E-state index in [4.69, 9.17) is 0 Å². The van der Waals surface area contributed by atoms with E-state index < -0.39 is 12.7 Å². The average molecular weight is 280 g/mol. The normalized spacial score (nSPS) is 24.9. The minimum atomic E-state index is -4.09. The van der Waals surface area contributed by atoms with Gasteiger partial charge >= 0.3 is 6.18 Å². The Bertz CT molecular complexity index is 241. The summed E-state index contributed by atoms with van der Waals surface area (Å²) in [7, 11) is 0. The van der Waals surface area contributed by atoms with Crippen molar-refractivity contribution in [2.24, 2.45) is 5.92 Å². The molecule has 0 aromatic carbocycles. The van der Waals surface area contributed by atoms with Crippen molar-refractivity contribution in [1.29, 1.82) is 0 Å². The summed E-state index contributed by atoms with van der Waals surface area (Å²) in [5, 5.41) is 3.44. The van der Waals surface area contributed by atoms with E-state index in [2.05, 4.69) is 12.2 Å². The van der Waals surface area contributed by atoms with Crippen molar-refractivity contribution >= 4 is 0 Å². The summed E-state index contributed by atoms with van der Waals surface area (Å²) < 4.78 is 37.7. The summed E-state index contributed by atoms with van der Waals surface area (Å²) in [6, 6.07) is 0.395. The minimum Gasteiger partial charge on any atom is -0.314 e. The highest BCUT2D eigenvalue weighted by Gasteiger charge is 2.33. The summed E-state index contributed by atoms with van der Waals surface area (Å²) in [4.78, 5) is 1.58. The molecule has 1 N–H and O–H groups in total. The van der Waals surface area contributed by atoms with Crippen molar-refractivity contribution in [3.63, 3.8) is 0 Å². The van der Waals surface area contributed by atoms with Gasteiger partial charge in [-0.05, 0) is 38.3 Å². The first-order chi connectivity index (χ1) is 8.96. The monoisotopic (exact) mass is 280 g/mol. The van der Waals surface area contributed by atoms with Crippen molar-refractivity contribution in [3.05, 3.63) is 0 Å². The molecule has 0 amide bonds. The highest BCUT2D eigenvalue weighted by Crippen LogP contribution is 2.26. The van der Waals surface area contributed by atoms with Gasteiger partial charge in [0.2, 0.25) is 0 Å². The van der Waals surface area contributed by atoms with Crippen LogP contribution in [0.15, 0.2) is 0 Å². The second kappa shape index (κ2) is 8.10. The molecule has 1 aliphatic carbocycles. The third kappa shape index (κ3) is 6.61. The molecule has 0 bridgehead atoms. The fourth-order valence-corrected chi connectivity index (χ4v) is 3.09. The summed E-state index contributed by atoms with van der Waals surface area (Å²) in [5.41, 5.74) is 0. The lowest BCUT2D eigenvalue weighted by Gasteiger charge is -2.36. The molecule has 1 saturated carbocycles. The highest BCUT2D eigenvalue weighted by atomic mass is 19.4. The number of nitrogens with zero attached hydrogens (tertiary/aromatic N) is 1. The molecule has 0 spiro atoms. The molecule has 0 heterocycles. The van der Waals surface area contributed by atoms with Crippen LogP contribution in [0.1, 0.15) is 46.0 Å². The topological polar surface area (TPSA) is 15.3 Å². The Morgan fingerprint density at radius 3 is 2.42 bits per heavy atom. The Hall–Kier alpha value is -0.290. The van der Waals surface area contributed by atoms with Gasteiger partial charge in [0.1, 0.15) is 0 Å². The fraction of sp³-hybridized carbons (Fsp3) is 1.00. The molecule has 2 atom stereocenters. The Morgan fingerprint density at radius 1 is 1.16 bits per heavy atom. The van der Waals surface area contributed by atoms with Crippen LogP contribution in [0.2, 0.25) is 0 Å². The maximum atomic E-state index is 12.6. The highest BCUT2D eigenvalue weighted by molar-refractivity contribution is 4.83. The molecular weight excluding hydrogens is 253 g/mol. The Kier molecular flexibility index (Phi) is 7.15. The number of nitrogens with one attached hydrogen (secondary N) is 1. The van der Waals surface area contributed by atoms with E-state index in [1.807, 2.05) is 6.92 Å². The first kappa shape index (κ1) is 16.8. The number of alkyl halides is 3. The molecule has 5 heteroatoms. The molecule has 19 heavy (non-hydrogen) atoms. The van der Waals surface area contributed by atoms with E-state index in [0.717, 1.165) is 32.2 Å². The Balaban J connectivity index is 2.54. The van der Waals surface area contributed by atoms with Crippen molar-refractivity contribution in [2.75, 3.05) is 26.2 Å². The van der Waals surface area contributed by atoms with E-state index in [9.17, 15) is 13.2 Å². The lowest BCUT2D eigenvalue weighted by atomic mass is 9.84. The molecule has 0 saturated heterocycles. The Labute approximate surface area is 114 Å². The maximum absolute atomic E-state index is 12.6. The van der Waals surface area contributed by atoms with Gasteiger partial charge in [0, 0.05) is 12.6 Å². The van der Waals surface area contributed by atoms with Gasteiger partial charge in [-0.15, -0.1) is 0 Å². The second-order valence-corrected chi connectivity index (χ2v) is 5.56. The van der Waals surface area contributed by atoms with Crippen LogP contribution >= 0.6 is 0 Å². The smallest absolute Gasteiger partial charge is 0.314 e. The SMILES string of the molecule is CCCN(CC1CCCCC1NCC)CC(F)(F)F. The number of hydrogen-bond donors (Lipinski definition) is 1. The maximum Gasteiger partial charge on any atom is 0.401 e. The van der Waals surface area contributed by atoms with Crippen LogP contribution in [-0.2, 0) is 0 Å². The van der Waals surface area contributed by atoms with Crippen LogP contribution in [-0.4, -0.2) is 43.3 Å². The zero-order chi connectivity index (χ0) is 14.3. The molecule has 114 valence electrons. The lowest BCUT2D eigenvalue weighted by molar-refractivity contribution is -0.147. The third-order valence-corrected chi connectivity index (χ3v) is 3.81. The predicted molar refractivity (Wildman–Crippen MR) is 72.2 cm³/mol. The summed E-state index contributed by atoms with van der Waals surface area (Å²) in [6.07, 6.45) is 1.19. The number of rotatable bonds is 7. The molecule has 0 aliphatic heterocycles. The summed E-state index contributed by atoms with van der Waals surface area (Å²) in [6.45, 7) is 5.24. The molecular formula is C14H27F3N2. The summed E-state index contributed by atoms with van der Waals surface area (Å²) in [5.74, 6) is 0.364. The molecule has 1 fully saturated rings. The number of hydrogen-bond acceptors (Lipinski definition) is 2. The molecule has 2 nitrogen and oxygen atoms in total. The van der Waals surface area contributed by atoms with Gasteiger partial charge < -0.3 is 5.32 Å². The van der Waals surface area contributed by atoms with E-state index in [0.29, 0.717) is 25.0 Å². The molecule has 0 radical (unpaired) electrons. The van der Waals surface area contributed by atoms with Crippen molar-refractivity contribution in [1.82, 2.24) is 10.2 Å². The van der Waals surface area contributed by atoms with Crippen molar-refractivity contribution in [3.8, 4) is 0 Å². The quantitative estimate of drug-likeness (QED) is 0.768. The zero-order valence-corrected chi connectivity index (χ0v) is 12.1. The van der Waals surface area contributed by atoms with Crippen LogP contribution in [0, 0.1) is 5.92 Å². The first-order valence-electron chi connectivity index (χ1n) is 7.48. The van der Waals surface area contributed by atoms with Gasteiger partial charge in [-0.2, -0.15) is 13.2 Å². The van der Waals surface area contributed by atoms with Gasteiger partial charge in [0.25, 0.3) is 0 Å². The van der Waals surface area contributed by atoms with Crippen LogP contribution < -0.4 is 5.32 Å². The second-order valence-electron chi connectivity index (χ2n) is 5.56. The summed E-state index contributed by atoms with van der Waals surface area (Å²) >= 11 is 0. The van der Waals surface area contributed by atoms with Gasteiger partial charge in [-0.25, -0.2) is 0 Å². The van der Waals surface area contributed by atoms with Crippen LogP contribution in [0.25, 0.3) is 0 Å². The largest absolute Gasteiger partial charge is 0.401 e. The van der Waals surface area contributed by atoms with Gasteiger partial charge in [0.15, 0.2) is 0 Å². The van der Waals surface area contributed by atoms with E-state index >= 15 is 0 Å². The van der Waals surface area contributed by atoms with Crippen LogP contribution in [0.3, 0.4) is 0 Å². The standard InChI is InChI=1S/C14H27F3N2/c1-3-9-19(11-14(15,16)17)10-12-7-5-6-8-13(12)18-4-2/h12-13,18H,3-11H2,1-2H3. The first-order valence-corrected chi connectivity index (χ1v) is 7.48. The third-order valence-electron chi connectivity index (χ3n) is 3.81. The molecule has 2 unspecified atom stereocenters. The molecule has 1 aliphatic rings. The van der Waals surface area contributed by atoms with E-state index in [1.165, 1.54) is 6.42 Å². The number of halogens is 3. The predicted octanol–water partition coefficient (Wildman–Crippen LogP) is 3.43. The van der Waals surface area contributed by atoms with Crippen molar-refractivity contribution < 1.29 is 13.2 Å². The average Bonchev–Trinajstić information content (AvgIpc) is 2.30. The van der Waals surface area contributed by atoms with Crippen LogP contribution in [0.5, 0.6) is 0 Å². The Morgan fingerprint density at radius 2 is 1.84 bits per heavy atom. The molecule has 0 aromatic rings. The van der Waals surface area contributed by atoms with Gasteiger partial charge in [-0.1, -0.05) is 26.7 Å². The van der Waals surface area contributed by atoms with Gasteiger partial charge in [-0.3, -0.25) is 4.90 Å². The van der Waals surface area contributed by atoms with Crippen LogP contribution in [0.4, 0.5) is 13.2 Å².